The molecule has 7 nitrogen and oxygen atoms in total. The standard InChI is InChI=1S/C13H13NO6/c1-4-8-7(5-6-19-8)11-14-9(12(15)17-2)10(20-11)13(16)18-3/h5-6H,4H2,1-3H3. The van der Waals surface area contributed by atoms with Crippen LogP contribution in [0.3, 0.4) is 0 Å². The van der Waals surface area contributed by atoms with Crippen molar-refractivity contribution in [3.63, 3.8) is 0 Å². The predicted molar refractivity (Wildman–Crippen MR) is 66.3 cm³/mol. The molecular weight excluding hydrogens is 266 g/mol. The van der Waals surface area contributed by atoms with Crippen LogP contribution in [0, 0.1) is 0 Å². The maximum absolute atomic E-state index is 11.6. The maximum atomic E-state index is 11.6. The lowest BCUT2D eigenvalue weighted by atomic mass is 10.2. The number of nitrogens with zero attached hydrogens (tertiary/aromatic N) is 1. The summed E-state index contributed by atoms with van der Waals surface area (Å²) in [4.78, 5) is 27.2. The van der Waals surface area contributed by atoms with Gasteiger partial charge in [0.25, 0.3) is 0 Å². The van der Waals surface area contributed by atoms with E-state index in [4.69, 9.17) is 8.83 Å². The number of carbonyl (C=O) groups excluding carboxylic acids is 2. The zero-order valence-electron chi connectivity index (χ0n) is 11.3. The molecule has 0 aliphatic rings. The quantitative estimate of drug-likeness (QED) is 0.791. The first-order valence-corrected chi connectivity index (χ1v) is 5.86. The number of oxazole rings is 1. The Kier molecular flexibility index (Phi) is 3.88. The number of carbonyl (C=O) groups is 2. The second-order valence-corrected chi connectivity index (χ2v) is 3.79. The molecule has 0 aliphatic carbocycles. The van der Waals surface area contributed by atoms with Gasteiger partial charge in [-0.05, 0) is 6.07 Å². The first-order valence-electron chi connectivity index (χ1n) is 5.86. The van der Waals surface area contributed by atoms with E-state index in [0.29, 0.717) is 17.7 Å². The van der Waals surface area contributed by atoms with Gasteiger partial charge in [-0.25, -0.2) is 14.6 Å². The normalized spacial score (nSPS) is 10.3. The van der Waals surface area contributed by atoms with E-state index in [1.807, 2.05) is 6.92 Å². The third kappa shape index (κ3) is 2.29. The van der Waals surface area contributed by atoms with Gasteiger partial charge in [-0.3, -0.25) is 0 Å². The summed E-state index contributed by atoms with van der Waals surface area (Å²) in [5, 5.41) is 0. The van der Waals surface area contributed by atoms with E-state index in [1.165, 1.54) is 20.5 Å². The molecule has 0 saturated carbocycles. The molecule has 0 N–H and O–H groups in total. The molecular formula is C13H13NO6. The number of ether oxygens (including phenoxy) is 2. The number of hydrogen-bond acceptors (Lipinski definition) is 7. The molecule has 106 valence electrons. The van der Waals surface area contributed by atoms with Crippen molar-refractivity contribution < 1.29 is 27.9 Å². The molecule has 0 aliphatic heterocycles. The van der Waals surface area contributed by atoms with E-state index in [-0.39, 0.29) is 17.3 Å². The van der Waals surface area contributed by atoms with E-state index in [2.05, 4.69) is 14.5 Å². The third-order valence-corrected chi connectivity index (χ3v) is 2.67. The Hall–Kier alpha value is -2.57. The Morgan fingerprint density at radius 2 is 1.95 bits per heavy atom. The number of rotatable bonds is 4. The zero-order valence-corrected chi connectivity index (χ0v) is 11.3. The zero-order chi connectivity index (χ0) is 14.7. The Balaban J connectivity index is 2.54. The van der Waals surface area contributed by atoms with Gasteiger partial charge in [-0.2, -0.15) is 0 Å². The van der Waals surface area contributed by atoms with Gasteiger partial charge in [0.1, 0.15) is 5.76 Å². The Bertz CT molecular complexity index is 606. The smallest absolute Gasteiger partial charge is 0.376 e. The minimum absolute atomic E-state index is 0.108. The van der Waals surface area contributed by atoms with Crippen molar-refractivity contribution in [2.75, 3.05) is 14.2 Å². The van der Waals surface area contributed by atoms with E-state index in [1.54, 1.807) is 6.07 Å². The van der Waals surface area contributed by atoms with Gasteiger partial charge in [-0.1, -0.05) is 6.92 Å². The average molecular weight is 279 g/mol. The summed E-state index contributed by atoms with van der Waals surface area (Å²) in [7, 11) is 2.37. The summed E-state index contributed by atoms with van der Waals surface area (Å²) in [6.07, 6.45) is 2.10. The molecule has 0 bridgehead atoms. The molecule has 2 aromatic heterocycles. The molecule has 7 heteroatoms. The first kappa shape index (κ1) is 13.9. The van der Waals surface area contributed by atoms with E-state index < -0.39 is 11.9 Å². The number of aryl methyl sites for hydroxylation is 1. The van der Waals surface area contributed by atoms with Crippen molar-refractivity contribution in [3.05, 3.63) is 29.5 Å². The largest absolute Gasteiger partial charge is 0.469 e. The molecule has 0 aromatic carbocycles. The van der Waals surface area contributed by atoms with Crippen molar-refractivity contribution in [2.24, 2.45) is 0 Å². The first-order chi connectivity index (χ1) is 9.62. The molecule has 0 spiro atoms. The van der Waals surface area contributed by atoms with Crippen molar-refractivity contribution in [2.45, 2.75) is 13.3 Å². The molecule has 0 amide bonds. The van der Waals surface area contributed by atoms with Crippen LogP contribution in [0.1, 0.15) is 33.7 Å². The van der Waals surface area contributed by atoms with Crippen LogP contribution in [-0.2, 0) is 15.9 Å². The summed E-state index contributed by atoms with van der Waals surface area (Å²) in [5.74, 6) is -1.12. The topological polar surface area (TPSA) is 91.8 Å². The highest BCUT2D eigenvalue weighted by atomic mass is 16.5. The Morgan fingerprint density at radius 3 is 2.55 bits per heavy atom. The van der Waals surface area contributed by atoms with Crippen LogP contribution in [0.5, 0.6) is 0 Å². The number of methoxy groups -OCH3 is 2. The summed E-state index contributed by atoms with van der Waals surface area (Å²) >= 11 is 0. The van der Waals surface area contributed by atoms with Crippen molar-refractivity contribution >= 4 is 11.9 Å². The second-order valence-electron chi connectivity index (χ2n) is 3.79. The minimum atomic E-state index is -0.800. The SMILES string of the molecule is CCc1occc1-c1nc(C(=O)OC)c(C(=O)OC)o1. The lowest BCUT2D eigenvalue weighted by Gasteiger charge is -1.96. The maximum Gasteiger partial charge on any atom is 0.376 e. The van der Waals surface area contributed by atoms with Gasteiger partial charge < -0.3 is 18.3 Å². The fourth-order valence-electron chi connectivity index (χ4n) is 1.71. The fraction of sp³-hybridized carbons (Fsp3) is 0.308. The lowest BCUT2D eigenvalue weighted by Crippen LogP contribution is -2.10. The van der Waals surface area contributed by atoms with E-state index in [0.717, 1.165) is 0 Å². The summed E-state index contributed by atoms with van der Waals surface area (Å²) in [5.41, 5.74) is 0.352. The molecule has 0 radical (unpaired) electrons. The van der Waals surface area contributed by atoms with E-state index in [9.17, 15) is 9.59 Å². The summed E-state index contributed by atoms with van der Waals surface area (Å²) in [6, 6.07) is 1.65. The van der Waals surface area contributed by atoms with Crippen molar-refractivity contribution in [1.29, 1.82) is 0 Å². The third-order valence-electron chi connectivity index (χ3n) is 2.67. The molecule has 0 unspecified atom stereocenters. The molecule has 0 saturated heterocycles. The van der Waals surface area contributed by atoms with Gasteiger partial charge >= 0.3 is 11.9 Å². The van der Waals surface area contributed by atoms with Crippen LogP contribution < -0.4 is 0 Å². The number of esters is 2. The van der Waals surface area contributed by atoms with Gasteiger partial charge in [0.05, 0.1) is 26.0 Å². The molecule has 20 heavy (non-hydrogen) atoms. The van der Waals surface area contributed by atoms with Crippen LogP contribution in [0.25, 0.3) is 11.5 Å². The van der Waals surface area contributed by atoms with Crippen LogP contribution in [-0.4, -0.2) is 31.1 Å². The van der Waals surface area contributed by atoms with Crippen molar-refractivity contribution in [1.82, 2.24) is 4.98 Å². The molecule has 2 heterocycles. The highest BCUT2D eigenvalue weighted by Crippen LogP contribution is 2.27. The molecule has 0 atom stereocenters. The number of aromatic nitrogens is 1. The van der Waals surface area contributed by atoms with Gasteiger partial charge in [0.2, 0.25) is 17.3 Å². The van der Waals surface area contributed by atoms with Crippen LogP contribution in [0.15, 0.2) is 21.2 Å². The fourth-order valence-corrected chi connectivity index (χ4v) is 1.71. The average Bonchev–Trinajstić information content (AvgIpc) is 3.11. The molecule has 2 aromatic rings. The summed E-state index contributed by atoms with van der Waals surface area (Å²) < 4.78 is 19.7. The Labute approximate surface area is 114 Å². The van der Waals surface area contributed by atoms with E-state index >= 15 is 0 Å². The highest BCUT2D eigenvalue weighted by Gasteiger charge is 2.28. The lowest BCUT2D eigenvalue weighted by molar-refractivity contribution is 0.0527. The monoisotopic (exact) mass is 279 g/mol. The summed E-state index contributed by atoms with van der Waals surface area (Å²) in [6.45, 7) is 1.90. The highest BCUT2D eigenvalue weighted by molar-refractivity contribution is 6.00. The molecule has 0 fully saturated rings. The van der Waals surface area contributed by atoms with Gasteiger partial charge in [-0.15, -0.1) is 0 Å². The minimum Gasteiger partial charge on any atom is -0.469 e. The predicted octanol–water partition coefficient (Wildman–Crippen LogP) is 2.07. The number of hydrogen-bond donors (Lipinski definition) is 0. The van der Waals surface area contributed by atoms with Gasteiger partial charge in [0.15, 0.2) is 0 Å². The van der Waals surface area contributed by atoms with Gasteiger partial charge in [0, 0.05) is 6.42 Å². The van der Waals surface area contributed by atoms with Crippen LogP contribution in [0.2, 0.25) is 0 Å². The molecule has 2 rings (SSSR count). The Morgan fingerprint density at radius 1 is 1.25 bits per heavy atom. The number of furan rings is 1. The van der Waals surface area contributed by atoms with Crippen LogP contribution >= 0.6 is 0 Å². The van der Waals surface area contributed by atoms with Crippen LogP contribution in [0.4, 0.5) is 0 Å². The van der Waals surface area contributed by atoms with Crippen molar-refractivity contribution in [3.8, 4) is 11.5 Å². The second kappa shape index (κ2) is 5.60.